The molecule has 100 valence electrons. The third kappa shape index (κ3) is 3.81. The zero-order valence-electron chi connectivity index (χ0n) is 10.8. The van der Waals surface area contributed by atoms with E-state index in [-0.39, 0.29) is 11.9 Å². The summed E-state index contributed by atoms with van der Waals surface area (Å²) in [4.78, 5) is 2.20. The Labute approximate surface area is 125 Å². The second-order valence-corrected chi connectivity index (χ2v) is 6.28. The Balaban J connectivity index is 2.34. The number of rotatable bonds is 4. The highest BCUT2D eigenvalue weighted by Gasteiger charge is 2.11. The zero-order chi connectivity index (χ0) is 13.8. The molecule has 0 spiro atoms. The molecule has 0 aliphatic heterocycles. The normalized spacial score (nSPS) is 12.4. The Morgan fingerprint density at radius 2 is 2.00 bits per heavy atom. The molecule has 0 saturated heterocycles. The molecule has 0 saturated carbocycles. The van der Waals surface area contributed by atoms with Crippen molar-refractivity contribution in [2.24, 2.45) is 0 Å². The summed E-state index contributed by atoms with van der Waals surface area (Å²) >= 11 is 5.11. The molecule has 1 unspecified atom stereocenters. The average molecular weight is 340 g/mol. The van der Waals surface area contributed by atoms with Gasteiger partial charge >= 0.3 is 0 Å². The van der Waals surface area contributed by atoms with Crippen molar-refractivity contribution in [2.45, 2.75) is 22.8 Å². The fourth-order valence-electron chi connectivity index (χ4n) is 1.76. The van der Waals surface area contributed by atoms with Crippen molar-refractivity contribution in [3.63, 3.8) is 0 Å². The maximum Gasteiger partial charge on any atom is 0.123 e. The Morgan fingerprint density at radius 1 is 1.21 bits per heavy atom. The van der Waals surface area contributed by atoms with Gasteiger partial charge in [-0.2, -0.15) is 0 Å². The van der Waals surface area contributed by atoms with Gasteiger partial charge in [-0.3, -0.25) is 0 Å². The standard InChI is InChI=1S/C15H15BrFNS/c1-10(18-2)14-9-12(17)6-7-15(14)19-13-5-3-4-11(16)8-13/h3-10,18H,1-2H3. The van der Waals surface area contributed by atoms with Crippen molar-refractivity contribution < 1.29 is 4.39 Å². The van der Waals surface area contributed by atoms with Crippen LogP contribution in [0.3, 0.4) is 0 Å². The molecule has 1 N–H and O–H groups in total. The maximum absolute atomic E-state index is 13.4. The fraction of sp³-hybridized carbons (Fsp3) is 0.200. The highest BCUT2D eigenvalue weighted by atomic mass is 79.9. The first-order chi connectivity index (χ1) is 9.10. The molecular formula is C15H15BrFNS. The highest BCUT2D eigenvalue weighted by molar-refractivity contribution is 9.10. The number of halogens is 2. The number of benzene rings is 2. The van der Waals surface area contributed by atoms with Gasteiger partial charge in [0.1, 0.15) is 5.82 Å². The van der Waals surface area contributed by atoms with Crippen molar-refractivity contribution in [3.8, 4) is 0 Å². The van der Waals surface area contributed by atoms with Gasteiger partial charge in [0.25, 0.3) is 0 Å². The lowest BCUT2D eigenvalue weighted by atomic mass is 10.1. The summed E-state index contributed by atoms with van der Waals surface area (Å²) in [7, 11) is 1.88. The van der Waals surface area contributed by atoms with Crippen LogP contribution in [0.25, 0.3) is 0 Å². The van der Waals surface area contributed by atoms with Gasteiger partial charge in [0.2, 0.25) is 0 Å². The van der Waals surface area contributed by atoms with E-state index in [9.17, 15) is 4.39 Å². The molecule has 4 heteroatoms. The van der Waals surface area contributed by atoms with Crippen molar-refractivity contribution in [1.82, 2.24) is 5.32 Å². The van der Waals surface area contributed by atoms with Gasteiger partial charge in [-0.15, -0.1) is 0 Å². The van der Waals surface area contributed by atoms with Crippen LogP contribution in [-0.2, 0) is 0 Å². The minimum absolute atomic E-state index is 0.116. The summed E-state index contributed by atoms with van der Waals surface area (Å²) in [5.41, 5.74) is 0.979. The van der Waals surface area contributed by atoms with E-state index in [0.717, 1.165) is 19.8 Å². The summed E-state index contributed by atoms with van der Waals surface area (Å²) in [6.07, 6.45) is 0. The smallest absolute Gasteiger partial charge is 0.123 e. The molecule has 2 aromatic carbocycles. The third-order valence-electron chi connectivity index (χ3n) is 2.90. The molecule has 1 nitrogen and oxygen atoms in total. The van der Waals surface area contributed by atoms with Gasteiger partial charge in [0.05, 0.1) is 0 Å². The monoisotopic (exact) mass is 339 g/mol. The van der Waals surface area contributed by atoms with E-state index in [1.807, 2.05) is 38.2 Å². The van der Waals surface area contributed by atoms with Crippen molar-refractivity contribution >= 4 is 27.7 Å². The van der Waals surface area contributed by atoms with Gasteiger partial charge in [0, 0.05) is 20.3 Å². The van der Waals surface area contributed by atoms with Gasteiger partial charge < -0.3 is 5.32 Å². The van der Waals surface area contributed by atoms with Gasteiger partial charge in [0.15, 0.2) is 0 Å². The predicted molar refractivity (Wildman–Crippen MR) is 82.1 cm³/mol. The van der Waals surface area contributed by atoms with Crippen LogP contribution in [0.4, 0.5) is 4.39 Å². The van der Waals surface area contributed by atoms with Crippen LogP contribution >= 0.6 is 27.7 Å². The second-order valence-electron chi connectivity index (χ2n) is 4.25. The number of hydrogen-bond donors (Lipinski definition) is 1. The fourth-order valence-corrected chi connectivity index (χ4v) is 3.39. The van der Waals surface area contributed by atoms with E-state index in [0.29, 0.717) is 0 Å². The van der Waals surface area contributed by atoms with Crippen LogP contribution in [0.5, 0.6) is 0 Å². The lowest BCUT2D eigenvalue weighted by molar-refractivity contribution is 0.601. The van der Waals surface area contributed by atoms with Crippen molar-refractivity contribution in [2.75, 3.05) is 7.05 Å². The Kier molecular flexibility index (Phi) is 5.02. The molecule has 0 heterocycles. The van der Waals surface area contributed by atoms with Crippen LogP contribution in [0.2, 0.25) is 0 Å². The first-order valence-electron chi connectivity index (χ1n) is 6.00. The molecule has 0 bridgehead atoms. The van der Waals surface area contributed by atoms with Crippen LogP contribution in [0.15, 0.2) is 56.7 Å². The van der Waals surface area contributed by atoms with Crippen LogP contribution in [-0.4, -0.2) is 7.05 Å². The maximum atomic E-state index is 13.4. The zero-order valence-corrected chi connectivity index (χ0v) is 13.2. The van der Waals surface area contributed by atoms with Crippen molar-refractivity contribution in [1.29, 1.82) is 0 Å². The molecule has 2 rings (SSSR count). The van der Waals surface area contributed by atoms with Crippen LogP contribution in [0, 0.1) is 5.82 Å². The molecule has 2 aromatic rings. The highest BCUT2D eigenvalue weighted by Crippen LogP contribution is 2.34. The topological polar surface area (TPSA) is 12.0 Å². The number of hydrogen-bond acceptors (Lipinski definition) is 2. The Hall–Kier alpha value is -0.840. The Bertz CT molecular complexity index is 574. The first-order valence-corrected chi connectivity index (χ1v) is 7.61. The first kappa shape index (κ1) is 14.6. The lowest BCUT2D eigenvalue weighted by Crippen LogP contribution is -2.13. The Morgan fingerprint density at radius 3 is 2.68 bits per heavy atom. The van der Waals surface area contributed by atoms with Crippen LogP contribution in [0.1, 0.15) is 18.5 Å². The van der Waals surface area contributed by atoms with Gasteiger partial charge in [-0.1, -0.05) is 33.8 Å². The molecule has 0 aliphatic rings. The molecular weight excluding hydrogens is 325 g/mol. The number of nitrogens with one attached hydrogen (secondary N) is 1. The summed E-state index contributed by atoms with van der Waals surface area (Å²) in [5, 5.41) is 3.16. The predicted octanol–water partition coefficient (Wildman–Crippen LogP) is 5.02. The van der Waals surface area contributed by atoms with Crippen molar-refractivity contribution in [3.05, 3.63) is 58.3 Å². The summed E-state index contributed by atoms with van der Waals surface area (Å²) < 4.78 is 14.4. The van der Waals surface area contributed by atoms with E-state index in [1.165, 1.54) is 6.07 Å². The molecule has 0 aromatic heterocycles. The molecule has 0 radical (unpaired) electrons. The molecule has 0 amide bonds. The minimum atomic E-state index is -0.198. The average Bonchev–Trinajstić information content (AvgIpc) is 2.40. The minimum Gasteiger partial charge on any atom is -0.313 e. The molecule has 19 heavy (non-hydrogen) atoms. The van der Waals surface area contributed by atoms with E-state index in [2.05, 4.69) is 27.3 Å². The summed E-state index contributed by atoms with van der Waals surface area (Å²) in [5.74, 6) is -0.198. The van der Waals surface area contributed by atoms with Crippen LogP contribution < -0.4 is 5.32 Å². The molecule has 0 aliphatic carbocycles. The second kappa shape index (κ2) is 6.55. The van der Waals surface area contributed by atoms with E-state index < -0.39 is 0 Å². The van der Waals surface area contributed by atoms with Gasteiger partial charge in [-0.05, 0) is 55.9 Å². The van der Waals surface area contributed by atoms with Gasteiger partial charge in [-0.25, -0.2) is 4.39 Å². The molecule has 1 atom stereocenters. The van der Waals surface area contributed by atoms with E-state index >= 15 is 0 Å². The molecule has 0 fully saturated rings. The SMILES string of the molecule is CNC(C)c1cc(F)ccc1Sc1cccc(Br)c1. The third-order valence-corrected chi connectivity index (χ3v) is 4.47. The summed E-state index contributed by atoms with van der Waals surface area (Å²) in [6.45, 7) is 2.03. The largest absolute Gasteiger partial charge is 0.313 e. The quantitative estimate of drug-likeness (QED) is 0.839. The van der Waals surface area contributed by atoms with E-state index in [4.69, 9.17) is 0 Å². The lowest BCUT2D eigenvalue weighted by Gasteiger charge is -2.15. The summed E-state index contributed by atoms with van der Waals surface area (Å²) in [6, 6.07) is 13.2. The van der Waals surface area contributed by atoms with E-state index in [1.54, 1.807) is 17.8 Å².